The summed E-state index contributed by atoms with van der Waals surface area (Å²) in [6, 6.07) is 3.43. The van der Waals surface area contributed by atoms with Gasteiger partial charge < -0.3 is 4.74 Å². The molecule has 1 fully saturated rings. The predicted molar refractivity (Wildman–Crippen MR) is 74.3 cm³/mol. The molecule has 0 radical (unpaired) electrons. The fraction of sp³-hybridized carbons (Fsp3) is 0.571. The van der Waals surface area contributed by atoms with Gasteiger partial charge in [0.1, 0.15) is 0 Å². The molecule has 0 amide bonds. The lowest BCUT2D eigenvalue weighted by Crippen LogP contribution is -2.20. The first-order valence-electron chi connectivity index (χ1n) is 6.61. The first-order chi connectivity index (χ1) is 9.20. The molecule has 1 aliphatic carbocycles. The van der Waals surface area contributed by atoms with E-state index in [1.807, 2.05) is 0 Å². The fourth-order valence-corrected chi connectivity index (χ4v) is 3.90. The van der Waals surface area contributed by atoms with Crippen molar-refractivity contribution in [2.75, 3.05) is 7.11 Å². The average molecular weight is 281 g/mol. The van der Waals surface area contributed by atoms with Crippen LogP contribution in [0, 0.1) is 0 Å². The van der Waals surface area contributed by atoms with Crippen molar-refractivity contribution in [3.8, 4) is 0 Å². The van der Waals surface area contributed by atoms with Gasteiger partial charge in [-0.05, 0) is 25.0 Å². The van der Waals surface area contributed by atoms with Crippen molar-refractivity contribution in [1.29, 1.82) is 0 Å². The van der Waals surface area contributed by atoms with Gasteiger partial charge in [0, 0.05) is 22.2 Å². The normalized spacial score (nSPS) is 17.9. The second-order valence-electron chi connectivity index (χ2n) is 4.81. The molecular formula is C14H19NO3S. The Balaban J connectivity index is 1.95. The summed E-state index contributed by atoms with van der Waals surface area (Å²) in [5.74, 6) is 0.0824. The smallest absolute Gasteiger partial charge is 0.339 e. The van der Waals surface area contributed by atoms with Gasteiger partial charge in [0.2, 0.25) is 0 Å². The SMILES string of the molecule is COC(=O)c1ccc(CS(=O)C2CCCCC2)nc1. The highest BCUT2D eigenvalue weighted by molar-refractivity contribution is 7.84. The molecule has 19 heavy (non-hydrogen) atoms. The lowest BCUT2D eigenvalue weighted by Gasteiger charge is -2.20. The van der Waals surface area contributed by atoms with E-state index in [0.29, 0.717) is 16.6 Å². The number of esters is 1. The summed E-state index contributed by atoms with van der Waals surface area (Å²) >= 11 is 0. The van der Waals surface area contributed by atoms with Crippen molar-refractivity contribution in [2.45, 2.75) is 43.1 Å². The minimum atomic E-state index is -0.855. The van der Waals surface area contributed by atoms with Gasteiger partial charge >= 0.3 is 5.97 Å². The van der Waals surface area contributed by atoms with Crippen LogP contribution in [0.5, 0.6) is 0 Å². The third-order valence-corrected chi connectivity index (χ3v) is 5.26. The quantitative estimate of drug-likeness (QED) is 0.795. The Morgan fingerprint density at radius 1 is 1.37 bits per heavy atom. The largest absolute Gasteiger partial charge is 0.465 e. The maximum absolute atomic E-state index is 12.2. The third kappa shape index (κ3) is 3.86. The van der Waals surface area contributed by atoms with Gasteiger partial charge in [-0.25, -0.2) is 4.79 Å². The summed E-state index contributed by atoms with van der Waals surface area (Å²) in [6.07, 6.45) is 7.24. The van der Waals surface area contributed by atoms with E-state index in [1.54, 1.807) is 12.1 Å². The van der Waals surface area contributed by atoms with Gasteiger partial charge in [-0.15, -0.1) is 0 Å². The fourth-order valence-electron chi connectivity index (χ4n) is 2.34. The highest BCUT2D eigenvalue weighted by Gasteiger charge is 2.20. The monoisotopic (exact) mass is 281 g/mol. The molecule has 0 aromatic carbocycles. The van der Waals surface area contributed by atoms with Crippen LogP contribution in [0.15, 0.2) is 18.3 Å². The van der Waals surface area contributed by atoms with Gasteiger partial charge in [0.15, 0.2) is 0 Å². The summed E-state index contributed by atoms with van der Waals surface area (Å²) < 4.78 is 16.8. The van der Waals surface area contributed by atoms with Crippen LogP contribution in [-0.4, -0.2) is 27.5 Å². The van der Waals surface area contributed by atoms with Crippen LogP contribution in [-0.2, 0) is 21.3 Å². The Morgan fingerprint density at radius 2 is 2.11 bits per heavy atom. The number of nitrogens with zero attached hydrogens (tertiary/aromatic N) is 1. The van der Waals surface area contributed by atoms with E-state index in [1.165, 1.54) is 32.6 Å². The number of methoxy groups -OCH3 is 1. The molecular weight excluding hydrogens is 262 g/mol. The Kier molecular flexibility index (Phi) is 5.07. The van der Waals surface area contributed by atoms with Gasteiger partial charge in [0.05, 0.1) is 24.1 Å². The maximum atomic E-state index is 12.2. The average Bonchev–Trinajstić information content (AvgIpc) is 2.48. The summed E-state index contributed by atoms with van der Waals surface area (Å²) in [4.78, 5) is 15.5. The number of carbonyl (C=O) groups is 1. The molecule has 4 nitrogen and oxygen atoms in total. The summed E-state index contributed by atoms with van der Waals surface area (Å²) in [5.41, 5.74) is 1.20. The first-order valence-corrected chi connectivity index (χ1v) is 7.99. The topological polar surface area (TPSA) is 56.3 Å². The van der Waals surface area contributed by atoms with Crippen LogP contribution >= 0.6 is 0 Å². The van der Waals surface area contributed by atoms with Crippen LogP contribution in [0.3, 0.4) is 0 Å². The summed E-state index contributed by atoms with van der Waals surface area (Å²) in [6.45, 7) is 0. The number of ether oxygens (including phenoxy) is 1. The molecule has 0 bridgehead atoms. The molecule has 1 aliphatic rings. The molecule has 0 spiro atoms. The van der Waals surface area contributed by atoms with Crippen molar-refractivity contribution < 1.29 is 13.7 Å². The molecule has 1 atom stereocenters. The molecule has 104 valence electrons. The van der Waals surface area contributed by atoms with E-state index < -0.39 is 16.8 Å². The number of carbonyl (C=O) groups excluding carboxylic acids is 1. The van der Waals surface area contributed by atoms with Gasteiger partial charge in [-0.2, -0.15) is 0 Å². The van der Waals surface area contributed by atoms with Crippen molar-refractivity contribution >= 4 is 16.8 Å². The first kappa shape index (κ1) is 14.2. The van der Waals surface area contributed by atoms with Crippen molar-refractivity contribution in [2.24, 2.45) is 0 Å². The zero-order valence-electron chi connectivity index (χ0n) is 11.1. The van der Waals surface area contributed by atoms with Crippen LogP contribution < -0.4 is 0 Å². The van der Waals surface area contributed by atoms with Gasteiger partial charge in [0.25, 0.3) is 0 Å². The Labute approximate surface area is 116 Å². The Bertz CT molecular complexity index is 452. The van der Waals surface area contributed by atoms with E-state index in [2.05, 4.69) is 9.72 Å². The number of hydrogen-bond acceptors (Lipinski definition) is 4. The Hall–Kier alpha value is -1.23. The number of pyridine rings is 1. The van der Waals surface area contributed by atoms with E-state index in [0.717, 1.165) is 18.5 Å². The molecule has 1 aromatic rings. The number of aromatic nitrogens is 1. The molecule has 0 saturated heterocycles. The van der Waals surface area contributed by atoms with E-state index >= 15 is 0 Å². The third-order valence-electron chi connectivity index (χ3n) is 3.46. The lowest BCUT2D eigenvalue weighted by molar-refractivity contribution is 0.0600. The highest BCUT2D eigenvalue weighted by atomic mass is 32.2. The van der Waals surface area contributed by atoms with Crippen molar-refractivity contribution in [3.05, 3.63) is 29.6 Å². The minimum absolute atomic E-state index is 0.316. The van der Waals surface area contributed by atoms with E-state index in [-0.39, 0.29) is 0 Å². The van der Waals surface area contributed by atoms with Crippen molar-refractivity contribution in [3.63, 3.8) is 0 Å². The standard InChI is InChI=1S/C14H19NO3S/c1-18-14(16)11-7-8-12(15-9-11)10-19(17)13-5-3-2-4-6-13/h7-9,13H,2-6,10H2,1H3. The molecule has 5 heteroatoms. The predicted octanol–water partition coefficient (Wildman–Crippen LogP) is 2.45. The van der Waals surface area contributed by atoms with Crippen LogP contribution in [0.25, 0.3) is 0 Å². The summed E-state index contributed by atoms with van der Waals surface area (Å²) in [5, 5.41) is 0.316. The highest BCUT2D eigenvalue weighted by Crippen LogP contribution is 2.23. The molecule has 2 rings (SSSR count). The van der Waals surface area contributed by atoms with E-state index in [4.69, 9.17) is 0 Å². The number of rotatable bonds is 4. The van der Waals surface area contributed by atoms with Gasteiger partial charge in [-0.1, -0.05) is 19.3 Å². The summed E-state index contributed by atoms with van der Waals surface area (Å²) in [7, 11) is 0.486. The zero-order chi connectivity index (χ0) is 13.7. The van der Waals surface area contributed by atoms with E-state index in [9.17, 15) is 9.00 Å². The van der Waals surface area contributed by atoms with Crippen LogP contribution in [0.2, 0.25) is 0 Å². The molecule has 1 heterocycles. The Morgan fingerprint density at radius 3 is 2.68 bits per heavy atom. The molecule has 0 aliphatic heterocycles. The van der Waals surface area contributed by atoms with Crippen molar-refractivity contribution in [1.82, 2.24) is 4.98 Å². The maximum Gasteiger partial charge on any atom is 0.339 e. The second-order valence-corrected chi connectivity index (χ2v) is 6.53. The molecule has 1 unspecified atom stereocenters. The lowest BCUT2D eigenvalue weighted by atomic mass is 10.0. The van der Waals surface area contributed by atoms with Crippen LogP contribution in [0.4, 0.5) is 0 Å². The second kappa shape index (κ2) is 6.80. The number of hydrogen-bond donors (Lipinski definition) is 0. The van der Waals surface area contributed by atoms with Crippen LogP contribution in [0.1, 0.15) is 48.2 Å². The van der Waals surface area contributed by atoms with Gasteiger partial charge in [-0.3, -0.25) is 9.19 Å². The molecule has 1 saturated carbocycles. The zero-order valence-corrected chi connectivity index (χ0v) is 11.9. The molecule has 0 N–H and O–H groups in total. The minimum Gasteiger partial charge on any atom is -0.465 e. The molecule has 1 aromatic heterocycles.